The molecular weight excluding hydrogens is 446 g/mol. The minimum atomic E-state index is -0.0513. The quantitative estimate of drug-likeness (QED) is 0.328. The highest BCUT2D eigenvalue weighted by molar-refractivity contribution is 5.86. The first-order chi connectivity index (χ1) is 17.7. The van der Waals surface area contributed by atoms with Gasteiger partial charge >= 0.3 is 0 Å². The van der Waals surface area contributed by atoms with Gasteiger partial charge in [-0.1, -0.05) is 60.7 Å². The van der Waals surface area contributed by atoms with Crippen molar-refractivity contribution < 1.29 is 9.53 Å². The van der Waals surface area contributed by atoms with Crippen molar-refractivity contribution in [2.24, 2.45) is 0 Å². The van der Waals surface area contributed by atoms with E-state index in [1.54, 1.807) is 7.11 Å². The van der Waals surface area contributed by atoms with E-state index in [-0.39, 0.29) is 11.8 Å². The molecule has 186 valence electrons. The number of likely N-dealkylation sites (tertiary alicyclic amines) is 1. The van der Waals surface area contributed by atoms with E-state index < -0.39 is 0 Å². The third-order valence-electron chi connectivity index (χ3n) is 7.25. The van der Waals surface area contributed by atoms with Crippen LogP contribution in [0.15, 0.2) is 85.1 Å². The third-order valence-corrected chi connectivity index (χ3v) is 7.25. The van der Waals surface area contributed by atoms with E-state index in [9.17, 15) is 4.79 Å². The number of para-hydroxylation sites is 1. The van der Waals surface area contributed by atoms with Gasteiger partial charge in [0.25, 0.3) is 0 Å². The lowest BCUT2D eigenvalue weighted by Crippen LogP contribution is -2.34. The number of amides is 1. The number of carbonyl (C=O) groups excluding carboxylic acids is 1. The Labute approximate surface area is 213 Å². The maximum Gasteiger partial charge on any atom is 0.220 e. The zero-order chi connectivity index (χ0) is 24.7. The zero-order valence-corrected chi connectivity index (χ0v) is 21.0. The van der Waals surface area contributed by atoms with Gasteiger partial charge in [-0.15, -0.1) is 0 Å². The molecule has 36 heavy (non-hydrogen) atoms. The van der Waals surface area contributed by atoms with Crippen LogP contribution in [0.4, 0.5) is 0 Å². The summed E-state index contributed by atoms with van der Waals surface area (Å²) < 4.78 is 7.70. The van der Waals surface area contributed by atoms with Crippen LogP contribution in [-0.2, 0) is 11.3 Å². The fraction of sp³-hybridized carbons (Fsp3) is 0.323. The number of rotatable bonds is 10. The van der Waals surface area contributed by atoms with E-state index in [0.717, 1.165) is 37.5 Å². The molecule has 0 bridgehead atoms. The van der Waals surface area contributed by atoms with Crippen molar-refractivity contribution in [1.82, 2.24) is 14.8 Å². The molecule has 5 rings (SSSR count). The lowest BCUT2D eigenvalue weighted by molar-refractivity contribution is -0.121. The number of methoxy groups -OCH3 is 1. The Morgan fingerprint density at radius 1 is 0.944 bits per heavy atom. The predicted molar refractivity (Wildman–Crippen MR) is 146 cm³/mol. The molecule has 1 atom stereocenters. The molecule has 1 N–H and O–H groups in total. The third kappa shape index (κ3) is 5.63. The van der Waals surface area contributed by atoms with E-state index in [1.165, 1.54) is 34.9 Å². The van der Waals surface area contributed by atoms with Crippen molar-refractivity contribution >= 4 is 16.8 Å². The molecule has 0 spiro atoms. The van der Waals surface area contributed by atoms with Gasteiger partial charge in [0.05, 0.1) is 7.11 Å². The highest BCUT2D eigenvalue weighted by Gasteiger charge is 2.23. The van der Waals surface area contributed by atoms with Gasteiger partial charge in [-0.25, -0.2) is 0 Å². The molecule has 5 nitrogen and oxygen atoms in total. The summed E-state index contributed by atoms with van der Waals surface area (Å²) in [5.41, 5.74) is 4.74. The van der Waals surface area contributed by atoms with Crippen LogP contribution in [0.1, 0.15) is 41.9 Å². The standard InChI is InChI=1S/C31H35N3O2/c1-36-26-15-13-25(14-16-26)28(21-31(35)32-17-20-33-18-7-8-19-33)29-23-34(22-24-9-3-2-4-10-24)30-12-6-5-11-27(29)30/h2-6,9-16,23,28H,7-8,17-22H2,1H3,(H,32,35)/t28-/m1/s1. The summed E-state index contributed by atoms with van der Waals surface area (Å²) in [5, 5.41) is 4.38. The zero-order valence-electron chi connectivity index (χ0n) is 21.0. The van der Waals surface area contributed by atoms with Gasteiger partial charge in [-0.3, -0.25) is 4.79 Å². The normalized spacial score (nSPS) is 14.7. The maximum atomic E-state index is 13.2. The van der Waals surface area contributed by atoms with Crippen molar-refractivity contribution in [2.75, 3.05) is 33.3 Å². The molecule has 3 aromatic carbocycles. The average molecular weight is 482 g/mol. The first-order valence-electron chi connectivity index (χ1n) is 13.0. The van der Waals surface area contributed by atoms with Gasteiger partial charge in [0, 0.05) is 49.1 Å². The van der Waals surface area contributed by atoms with Crippen LogP contribution in [0, 0.1) is 0 Å². The first kappa shape index (κ1) is 24.1. The Bertz CT molecular complexity index is 1270. The maximum absolute atomic E-state index is 13.2. The lowest BCUT2D eigenvalue weighted by atomic mass is 9.88. The Morgan fingerprint density at radius 2 is 1.67 bits per heavy atom. The summed E-state index contributed by atoms with van der Waals surface area (Å²) >= 11 is 0. The number of fused-ring (bicyclic) bond motifs is 1. The largest absolute Gasteiger partial charge is 0.497 e. The number of hydrogen-bond acceptors (Lipinski definition) is 3. The van der Waals surface area contributed by atoms with Crippen LogP contribution in [0.2, 0.25) is 0 Å². The molecule has 1 aromatic heterocycles. The van der Waals surface area contributed by atoms with Gasteiger partial charge in [0.2, 0.25) is 5.91 Å². The molecule has 1 aliphatic heterocycles. The minimum absolute atomic E-state index is 0.0513. The van der Waals surface area contributed by atoms with E-state index in [4.69, 9.17) is 4.74 Å². The molecule has 5 heteroatoms. The van der Waals surface area contributed by atoms with E-state index in [2.05, 4.69) is 81.6 Å². The second kappa shape index (κ2) is 11.4. The number of benzene rings is 3. The Morgan fingerprint density at radius 3 is 2.42 bits per heavy atom. The van der Waals surface area contributed by atoms with Crippen molar-refractivity contribution in [2.45, 2.75) is 31.7 Å². The van der Waals surface area contributed by atoms with E-state index >= 15 is 0 Å². The van der Waals surface area contributed by atoms with Gasteiger partial charge in [0.15, 0.2) is 0 Å². The van der Waals surface area contributed by atoms with Gasteiger partial charge in [-0.05, 0) is 60.8 Å². The molecule has 1 aliphatic rings. The SMILES string of the molecule is COc1ccc([C@@H](CC(=O)NCCN2CCCC2)c2cn(Cc3ccccc3)c3ccccc23)cc1. The summed E-state index contributed by atoms with van der Waals surface area (Å²) in [6.45, 7) is 4.70. The number of nitrogens with zero attached hydrogens (tertiary/aromatic N) is 2. The second-order valence-corrected chi connectivity index (χ2v) is 9.64. The molecule has 0 saturated carbocycles. The van der Waals surface area contributed by atoms with E-state index in [0.29, 0.717) is 13.0 Å². The fourth-order valence-electron chi connectivity index (χ4n) is 5.32. The summed E-state index contributed by atoms with van der Waals surface area (Å²) in [4.78, 5) is 15.6. The monoisotopic (exact) mass is 481 g/mol. The van der Waals surface area contributed by atoms with Crippen molar-refractivity contribution in [3.63, 3.8) is 0 Å². The van der Waals surface area contributed by atoms with Crippen LogP contribution in [0.3, 0.4) is 0 Å². The number of ether oxygens (including phenoxy) is 1. The summed E-state index contributed by atoms with van der Waals surface area (Å²) in [5.74, 6) is 0.860. The van der Waals surface area contributed by atoms with Crippen molar-refractivity contribution in [3.8, 4) is 5.75 Å². The molecule has 0 radical (unpaired) electrons. The van der Waals surface area contributed by atoms with Crippen LogP contribution in [0.5, 0.6) is 5.75 Å². The lowest BCUT2D eigenvalue weighted by Gasteiger charge is -2.19. The number of hydrogen-bond donors (Lipinski definition) is 1. The summed E-state index contributed by atoms with van der Waals surface area (Å²) in [7, 11) is 1.68. The summed E-state index contributed by atoms with van der Waals surface area (Å²) in [6.07, 6.45) is 5.18. The summed E-state index contributed by atoms with van der Waals surface area (Å²) in [6, 6.07) is 27.2. The van der Waals surface area contributed by atoms with Crippen LogP contribution in [0.25, 0.3) is 10.9 Å². The molecule has 1 amide bonds. The molecule has 0 aliphatic carbocycles. The topological polar surface area (TPSA) is 46.5 Å². The Hall–Kier alpha value is -3.57. The molecule has 1 fully saturated rings. The van der Waals surface area contributed by atoms with E-state index in [1.807, 2.05) is 18.2 Å². The minimum Gasteiger partial charge on any atom is -0.497 e. The van der Waals surface area contributed by atoms with Gasteiger partial charge < -0.3 is 19.5 Å². The van der Waals surface area contributed by atoms with Crippen LogP contribution in [-0.4, -0.2) is 48.7 Å². The Kier molecular flexibility index (Phi) is 7.67. The van der Waals surface area contributed by atoms with Crippen molar-refractivity contribution in [3.05, 3.63) is 102 Å². The molecular formula is C31H35N3O2. The second-order valence-electron chi connectivity index (χ2n) is 9.64. The molecule has 4 aromatic rings. The molecule has 1 saturated heterocycles. The van der Waals surface area contributed by atoms with Crippen LogP contribution < -0.4 is 10.1 Å². The predicted octanol–water partition coefficient (Wildman–Crippen LogP) is 5.43. The highest BCUT2D eigenvalue weighted by Crippen LogP contribution is 2.35. The molecule has 2 heterocycles. The number of carbonyl (C=O) groups is 1. The van der Waals surface area contributed by atoms with Gasteiger partial charge in [-0.2, -0.15) is 0 Å². The number of nitrogens with one attached hydrogen (secondary N) is 1. The smallest absolute Gasteiger partial charge is 0.220 e. The first-order valence-corrected chi connectivity index (χ1v) is 13.0. The van der Waals surface area contributed by atoms with Crippen molar-refractivity contribution in [1.29, 1.82) is 0 Å². The number of aromatic nitrogens is 1. The average Bonchev–Trinajstić information content (AvgIpc) is 3.56. The van der Waals surface area contributed by atoms with Gasteiger partial charge in [0.1, 0.15) is 5.75 Å². The fourth-order valence-corrected chi connectivity index (χ4v) is 5.32. The Balaban J connectivity index is 1.44. The highest BCUT2D eigenvalue weighted by atomic mass is 16.5. The van der Waals surface area contributed by atoms with Crippen LogP contribution >= 0.6 is 0 Å². The molecule has 0 unspecified atom stereocenters.